The van der Waals surface area contributed by atoms with Gasteiger partial charge < -0.3 is 31.5 Å². The van der Waals surface area contributed by atoms with E-state index in [1.54, 1.807) is 0 Å². The number of amides is 1. The lowest BCUT2D eigenvalue weighted by Gasteiger charge is -2.21. The molecule has 7 N–H and O–H groups in total. The van der Waals surface area contributed by atoms with Crippen LogP contribution in [0.25, 0.3) is 11.4 Å². The third-order valence-electron chi connectivity index (χ3n) is 3.74. The van der Waals surface area contributed by atoms with E-state index in [1.807, 2.05) is 0 Å². The molecule has 0 unspecified atom stereocenters. The van der Waals surface area contributed by atoms with Gasteiger partial charge in [0.15, 0.2) is 6.23 Å². The molecule has 0 bridgehead atoms. The maximum Gasteiger partial charge on any atom is 0.252 e. The van der Waals surface area contributed by atoms with Gasteiger partial charge in [-0.25, -0.2) is 9.97 Å². The fourth-order valence-electron chi connectivity index (χ4n) is 2.61. The largest absolute Gasteiger partial charge is 0.394 e. The predicted octanol–water partition coefficient (Wildman–Crippen LogP) is -1.56. The standard InChI is InChI=1S/C12H14BrN5O5/c13-8-4(10(15)22)5-9(14)16-2-18(11(5)17-8)12-7(21)6(20)3(1-19)23-12/h2-3,6-7,12,19-21H,1,14H2,(H2,15,22)/t3-,6-,7+,12-/m0/s1. The van der Waals surface area contributed by atoms with Gasteiger partial charge in [-0.2, -0.15) is 0 Å². The topological polar surface area (TPSA) is 170 Å². The molecule has 3 rings (SSSR count). The quantitative estimate of drug-likeness (QED) is 0.420. The lowest BCUT2D eigenvalue weighted by Crippen LogP contribution is -2.33. The van der Waals surface area contributed by atoms with Crippen molar-refractivity contribution in [1.82, 2.24) is 14.5 Å². The molecule has 3 aliphatic heterocycles. The molecule has 1 fully saturated rings. The normalized spacial score (nSPS) is 27.7. The molecule has 0 spiro atoms. The van der Waals surface area contributed by atoms with Crippen LogP contribution in [0.2, 0.25) is 0 Å². The van der Waals surface area contributed by atoms with E-state index in [0.29, 0.717) is 0 Å². The number of aliphatic hydroxyl groups excluding tert-OH is 3. The van der Waals surface area contributed by atoms with Crippen LogP contribution < -0.4 is 11.5 Å². The zero-order chi connectivity index (χ0) is 16.9. The Morgan fingerprint density at radius 3 is 2.70 bits per heavy atom. The second-order valence-corrected chi connectivity index (χ2v) is 5.86. The molecule has 1 amide bonds. The summed E-state index contributed by atoms with van der Waals surface area (Å²) in [7, 11) is 0. The van der Waals surface area contributed by atoms with Crippen molar-refractivity contribution in [2.24, 2.45) is 5.73 Å². The Hall–Kier alpha value is -1.79. The van der Waals surface area contributed by atoms with E-state index in [1.165, 1.54) is 10.9 Å². The molecule has 0 aromatic carbocycles. The highest BCUT2D eigenvalue weighted by Crippen LogP contribution is 2.39. The van der Waals surface area contributed by atoms with Crippen LogP contribution >= 0.6 is 15.9 Å². The Bertz CT molecular complexity index is 737. The minimum absolute atomic E-state index is 0.0370. The van der Waals surface area contributed by atoms with Gasteiger partial charge in [0, 0.05) is 0 Å². The number of primary amides is 1. The second-order valence-electron chi connectivity index (χ2n) is 5.11. The van der Waals surface area contributed by atoms with Crippen LogP contribution in [-0.4, -0.2) is 60.7 Å². The Labute approximate surface area is 138 Å². The number of hydrogen-bond donors (Lipinski definition) is 5. The number of carbonyl (C=O) groups is 1. The summed E-state index contributed by atoms with van der Waals surface area (Å²) in [5, 5.41) is 29.2. The first-order chi connectivity index (χ1) is 10.9. The number of carbonyl (C=O) groups excluding carboxylic acids is 1. The molecule has 0 aromatic rings. The van der Waals surface area contributed by atoms with E-state index in [-0.39, 0.29) is 27.4 Å². The molecule has 11 heteroatoms. The number of hydrogen-bond acceptors (Lipinski definition) is 8. The van der Waals surface area contributed by atoms with E-state index < -0.39 is 37.1 Å². The fourth-order valence-corrected chi connectivity index (χ4v) is 3.18. The highest BCUT2D eigenvalue weighted by molar-refractivity contribution is 9.10. The van der Waals surface area contributed by atoms with Crippen LogP contribution in [0, 0.1) is 0 Å². The Morgan fingerprint density at radius 1 is 1.43 bits per heavy atom. The third kappa shape index (κ3) is 2.37. The second kappa shape index (κ2) is 5.69. The van der Waals surface area contributed by atoms with Crippen LogP contribution in [0.15, 0.2) is 10.9 Å². The van der Waals surface area contributed by atoms with Gasteiger partial charge in [0.2, 0.25) is 0 Å². The summed E-state index contributed by atoms with van der Waals surface area (Å²) in [5.74, 6) is -0.505. The molecule has 0 aromatic heterocycles. The highest BCUT2D eigenvalue weighted by Gasteiger charge is 2.44. The average molecular weight is 388 g/mol. The van der Waals surface area contributed by atoms with Crippen LogP contribution in [0.3, 0.4) is 0 Å². The molecule has 3 heterocycles. The molecule has 4 atom stereocenters. The molecule has 0 aliphatic carbocycles. The zero-order valence-corrected chi connectivity index (χ0v) is 13.2. The van der Waals surface area contributed by atoms with E-state index in [9.17, 15) is 20.1 Å². The Balaban J connectivity index is 2.13. The number of halogens is 1. The van der Waals surface area contributed by atoms with Gasteiger partial charge in [-0.3, -0.25) is 9.36 Å². The first-order valence-electron chi connectivity index (χ1n) is 6.60. The van der Waals surface area contributed by atoms with E-state index in [0.717, 1.165) is 0 Å². The third-order valence-corrected chi connectivity index (χ3v) is 4.32. The number of rotatable bonds is 3. The van der Waals surface area contributed by atoms with Crippen LogP contribution in [-0.2, 0) is 4.74 Å². The summed E-state index contributed by atoms with van der Waals surface area (Å²) in [6.45, 7) is -0.467. The number of nitrogens with zero attached hydrogens (tertiary/aromatic N) is 3. The zero-order valence-electron chi connectivity index (χ0n) is 11.6. The molecule has 23 heavy (non-hydrogen) atoms. The number of nitrogens with two attached hydrogens (primary N) is 2. The lowest BCUT2D eigenvalue weighted by molar-refractivity contribution is -0.0529. The van der Waals surface area contributed by atoms with Crippen molar-refractivity contribution in [2.75, 3.05) is 12.3 Å². The maximum absolute atomic E-state index is 11.6. The highest BCUT2D eigenvalue weighted by atomic mass is 79.9. The van der Waals surface area contributed by atoms with Crippen molar-refractivity contribution >= 4 is 27.7 Å². The number of anilines is 1. The SMILES string of the molecule is NC(=O)c1c(Br)nc2n([C@H]3O[C@@H](CO)[C@H](O)[C@H]3O)cnc(N)c1-2. The number of nitrogen functional groups attached to an aromatic ring is 1. The van der Waals surface area contributed by atoms with E-state index in [4.69, 9.17) is 16.2 Å². The van der Waals surface area contributed by atoms with Crippen molar-refractivity contribution in [1.29, 1.82) is 0 Å². The van der Waals surface area contributed by atoms with Gasteiger partial charge in [0.1, 0.15) is 40.9 Å². The average Bonchev–Trinajstić information content (AvgIpc) is 2.99. The van der Waals surface area contributed by atoms with Gasteiger partial charge in [0.05, 0.1) is 17.7 Å². The van der Waals surface area contributed by atoms with E-state index in [2.05, 4.69) is 25.9 Å². The van der Waals surface area contributed by atoms with E-state index >= 15 is 0 Å². The molecule has 3 aliphatic rings. The van der Waals surface area contributed by atoms with Crippen LogP contribution in [0.1, 0.15) is 16.6 Å². The van der Waals surface area contributed by atoms with Crippen molar-refractivity contribution in [2.45, 2.75) is 24.5 Å². The summed E-state index contributed by atoms with van der Waals surface area (Å²) < 4.78 is 6.95. The van der Waals surface area contributed by atoms with Gasteiger partial charge in [0.25, 0.3) is 5.91 Å². The summed E-state index contributed by atoms with van der Waals surface area (Å²) in [6, 6.07) is 0. The van der Waals surface area contributed by atoms with Gasteiger partial charge >= 0.3 is 0 Å². The molecular formula is C12H14BrN5O5. The first-order valence-corrected chi connectivity index (χ1v) is 7.39. The lowest BCUT2D eigenvalue weighted by atomic mass is 10.1. The minimum atomic E-state index is -1.32. The van der Waals surface area contributed by atoms with Crippen molar-refractivity contribution in [3.05, 3.63) is 16.5 Å². The Kier molecular flexibility index (Phi) is 3.98. The molecule has 124 valence electrons. The summed E-state index contributed by atoms with van der Waals surface area (Å²) in [4.78, 5) is 19.7. The minimum Gasteiger partial charge on any atom is -0.394 e. The fraction of sp³-hybridized carbons (Fsp3) is 0.417. The van der Waals surface area contributed by atoms with Gasteiger partial charge in [-0.15, -0.1) is 0 Å². The van der Waals surface area contributed by atoms with Crippen LogP contribution in [0.4, 0.5) is 5.82 Å². The monoisotopic (exact) mass is 387 g/mol. The summed E-state index contributed by atoms with van der Waals surface area (Å²) in [5.41, 5.74) is 11.4. The van der Waals surface area contributed by atoms with Crippen molar-refractivity contribution < 1.29 is 24.9 Å². The van der Waals surface area contributed by atoms with Crippen molar-refractivity contribution in [3.8, 4) is 11.4 Å². The summed E-state index contributed by atoms with van der Waals surface area (Å²) >= 11 is 3.14. The molecular weight excluding hydrogens is 374 g/mol. The number of aromatic nitrogens is 3. The molecule has 10 nitrogen and oxygen atoms in total. The number of aliphatic hydroxyl groups is 3. The van der Waals surface area contributed by atoms with Crippen LogP contribution in [0.5, 0.6) is 0 Å². The van der Waals surface area contributed by atoms with Gasteiger partial charge in [-0.05, 0) is 15.9 Å². The first kappa shape index (κ1) is 16.1. The number of fused-ring (bicyclic) bond motifs is 1. The number of ether oxygens (including phenoxy) is 1. The van der Waals surface area contributed by atoms with Crippen molar-refractivity contribution in [3.63, 3.8) is 0 Å². The Morgan fingerprint density at radius 2 is 2.13 bits per heavy atom. The summed E-state index contributed by atoms with van der Waals surface area (Å²) in [6.07, 6.45) is -3.34. The molecule has 1 saturated heterocycles. The van der Waals surface area contributed by atoms with Gasteiger partial charge in [-0.1, -0.05) is 0 Å². The molecule has 0 saturated carbocycles. The molecule has 0 radical (unpaired) electrons. The smallest absolute Gasteiger partial charge is 0.252 e. The maximum atomic E-state index is 11.6. The predicted molar refractivity (Wildman–Crippen MR) is 80.3 cm³/mol.